The third kappa shape index (κ3) is 2.45. The quantitative estimate of drug-likeness (QED) is 0.834. The van der Waals surface area contributed by atoms with Crippen molar-refractivity contribution in [1.29, 1.82) is 0 Å². The van der Waals surface area contributed by atoms with Crippen molar-refractivity contribution in [3.05, 3.63) is 0 Å². The van der Waals surface area contributed by atoms with Crippen LogP contribution in [0.1, 0.15) is 58.3 Å². The fourth-order valence-electron chi connectivity index (χ4n) is 4.24. The molecule has 0 radical (unpaired) electrons. The molecule has 3 aliphatic rings. The molecule has 2 aliphatic heterocycles. The van der Waals surface area contributed by atoms with Crippen molar-refractivity contribution in [2.24, 2.45) is 0 Å². The Morgan fingerprint density at radius 2 is 1.94 bits per heavy atom. The van der Waals surface area contributed by atoms with Crippen LogP contribution >= 0.6 is 0 Å². The van der Waals surface area contributed by atoms with Gasteiger partial charge < -0.3 is 9.84 Å². The van der Waals surface area contributed by atoms with Gasteiger partial charge in [-0.25, -0.2) is 0 Å². The number of hydrogen-bond donors (Lipinski definition) is 1. The highest BCUT2D eigenvalue weighted by Crippen LogP contribution is 2.43. The van der Waals surface area contributed by atoms with Crippen LogP contribution in [-0.2, 0) is 4.74 Å². The largest absolute Gasteiger partial charge is 0.387 e. The highest BCUT2D eigenvalue weighted by atomic mass is 16.5. The predicted octanol–water partition coefficient (Wildman–Crippen LogP) is 2.33. The SMILES string of the molecule is CCCC1(O)CN(CC2CCC3(CCCC3)O2)C1. The number of β-amino-alcohol motifs (C(OH)–C–C–N with tert-alkyl or cyclic N) is 1. The average Bonchev–Trinajstić information content (AvgIpc) is 2.89. The van der Waals surface area contributed by atoms with Crippen molar-refractivity contribution in [1.82, 2.24) is 4.90 Å². The van der Waals surface area contributed by atoms with Gasteiger partial charge in [0.1, 0.15) is 0 Å². The molecule has 1 unspecified atom stereocenters. The van der Waals surface area contributed by atoms with Gasteiger partial charge in [0.2, 0.25) is 0 Å². The summed E-state index contributed by atoms with van der Waals surface area (Å²) in [5.41, 5.74) is -0.131. The lowest BCUT2D eigenvalue weighted by molar-refractivity contribution is -0.125. The van der Waals surface area contributed by atoms with Gasteiger partial charge in [-0.3, -0.25) is 4.90 Å². The maximum absolute atomic E-state index is 10.2. The molecule has 0 aromatic rings. The highest BCUT2D eigenvalue weighted by Gasteiger charge is 2.45. The van der Waals surface area contributed by atoms with Gasteiger partial charge in [0, 0.05) is 19.6 Å². The van der Waals surface area contributed by atoms with Crippen LogP contribution in [0, 0.1) is 0 Å². The lowest BCUT2D eigenvalue weighted by atomic mass is 9.89. The molecule has 1 aliphatic carbocycles. The van der Waals surface area contributed by atoms with Crippen molar-refractivity contribution in [2.45, 2.75) is 75.6 Å². The Morgan fingerprint density at radius 1 is 1.22 bits per heavy atom. The second-order valence-electron chi connectivity index (χ2n) is 6.81. The van der Waals surface area contributed by atoms with Crippen LogP contribution in [0.15, 0.2) is 0 Å². The summed E-state index contributed by atoms with van der Waals surface area (Å²) in [6.07, 6.45) is 10.2. The fraction of sp³-hybridized carbons (Fsp3) is 1.00. The first kappa shape index (κ1) is 12.9. The van der Waals surface area contributed by atoms with Crippen LogP contribution in [-0.4, -0.2) is 46.9 Å². The van der Waals surface area contributed by atoms with E-state index < -0.39 is 5.60 Å². The summed E-state index contributed by atoms with van der Waals surface area (Å²) in [6.45, 7) is 4.89. The Bertz CT molecular complexity index is 293. The van der Waals surface area contributed by atoms with Crippen LogP contribution in [0.2, 0.25) is 0 Å². The summed E-state index contributed by atoms with van der Waals surface area (Å²) in [5.74, 6) is 0. The van der Waals surface area contributed by atoms with E-state index in [1.54, 1.807) is 0 Å². The molecule has 0 amide bonds. The minimum absolute atomic E-state index is 0.259. The number of ether oxygens (including phenoxy) is 1. The van der Waals surface area contributed by atoms with E-state index in [1.807, 2.05) is 0 Å². The molecule has 104 valence electrons. The first-order chi connectivity index (χ1) is 8.63. The van der Waals surface area contributed by atoms with Gasteiger partial charge in [-0.05, 0) is 32.1 Å². The highest BCUT2D eigenvalue weighted by molar-refractivity contribution is 4.98. The molecule has 3 fully saturated rings. The molecule has 3 rings (SSSR count). The van der Waals surface area contributed by atoms with E-state index in [9.17, 15) is 5.11 Å². The molecule has 2 heterocycles. The van der Waals surface area contributed by atoms with Gasteiger partial charge in [0.05, 0.1) is 17.3 Å². The van der Waals surface area contributed by atoms with Gasteiger partial charge in [-0.15, -0.1) is 0 Å². The smallest absolute Gasteiger partial charge is 0.0900 e. The van der Waals surface area contributed by atoms with Crippen molar-refractivity contribution >= 4 is 0 Å². The lowest BCUT2D eigenvalue weighted by Gasteiger charge is -2.47. The number of nitrogens with zero attached hydrogens (tertiary/aromatic N) is 1. The molecule has 1 spiro atoms. The van der Waals surface area contributed by atoms with E-state index in [-0.39, 0.29) is 5.60 Å². The second-order valence-corrected chi connectivity index (χ2v) is 6.81. The summed E-state index contributed by atoms with van der Waals surface area (Å²) in [4.78, 5) is 2.37. The molecule has 0 bridgehead atoms. The van der Waals surface area contributed by atoms with Crippen LogP contribution < -0.4 is 0 Å². The minimum atomic E-state index is -0.390. The van der Waals surface area contributed by atoms with E-state index in [0.29, 0.717) is 6.10 Å². The maximum Gasteiger partial charge on any atom is 0.0900 e. The first-order valence-electron chi connectivity index (χ1n) is 7.76. The minimum Gasteiger partial charge on any atom is -0.387 e. The van der Waals surface area contributed by atoms with E-state index in [0.717, 1.165) is 32.5 Å². The molecular weight excluding hydrogens is 226 g/mol. The van der Waals surface area contributed by atoms with E-state index in [1.165, 1.54) is 38.5 Å². The maximum atomic E-state index is 10.2. The first-order valence-corrected chi connectivity index (χ1v) is 7.76. The van der Waals surface area contributed by atoms with Gasteiger partial charge in [-0.1, -0.05) is 26.2 Å². The zero-order chi connectivity index (χ0) is 12.6. The zero-order valence-corrected chi connectivity index (χ0v) is 11.7. The molecule has 0 aromatic carbocycles. The Hall–Kier alpha value is -0.120. The zero-order valence-electron chi connectivity index (χ0n) is 11.7. The van der Waals surface area contributed by atoms with Crippen LogP contribution in [0.3, 0.4) is 0 Å². The summed E-state index contributed by atoms with van der Waals surface area (Å²) < 4.78 is 6.32. The van der Waals surface area contributed by atoms with Crippen molar-refractivity contribution in [3.8, 4) is 0 Å². The van der Waals surface area contributed by atoms with Gasteiger partial charge in [-0.2, -0.15) is 0 Å². The van der Waals surface area contributed by atoms with Gasteiger partial charge in [0.15, 0.2) is 0 Å². The van der Waals surface area contributed by atoms with Crippen molar-refractivity contribution < 1.29 is 9.84 Å². The van der Waals surface area contributed by atoms with Crippen molar-refractivity contribution in [2.75, 3.05) is 19.6 Å². The summed E-state index contributed by atoms with van der Waals surface area (Å²) in [7, 11) is 0. The third-order valence-electron chi connectivity index (χ3n) is 5.07. The molecule has 0 aromatic heterocycles. The third-order valence-corrected chi connectivity index (χ3v) is 5.07. The van der Waals surface area contributed by atoms with Crippen LogP contribution in [0.25, 0.3) is 0 Å². The number of hydrogen-bond acceptors (Lipinski definition) is 3. The Balaban J connectivity index is 1.43. The van der Waals surface area contributed by atoms with E-state index >= 15 is 0 Å². The number of likely N-dealkylation sites (tertiary alicyclic amines) is 1. The topological polar surface area (TPSA) is 32.7 Å². The predicted molar refractivity (Wildman–Crippen MR) is 71.6 cm³/mol. The molecular formula is C15H27NO2. The Labute approximate surface area is 110 Å². The summed E-state index contributed by atoms with van der Waals surface area (Å²) in [6, 6.07) is 0. The molecule has 1 saturated carbocycles. The van der Waals surface area contributed by atoms with Crippen LogP contribution in [0.4, 0.5) is 0 Å². The summed E-state index contributed by atoms with van der Waals surface area (Å²) >= 11 is 0. The van der Waals surface area contributed by atoms with Gasteiger partial charge in [0.25, 0.3) is 0 Å². The molecule has 3 nitrogen and oxygen atoms in total. The summed E-state index contributed by atoms with van der Waals surface area (Å²) in [5, 5.41) is 10.2. The van der Waals surface area contributed by atoms with Crippen LogP contribution in [0.5, 0.6) is 0 Å². The van der Waals surface area contributed by atoms with Crippen molar-refractivity contribution in [3.63, 3.8) is 0 Å². The lowest BCUT2D eigenvalue weighted by Crippen LogP contribution is -2.62. The van der Waals surface area contributed by atoms with E-state index in [2.05, 4.69) is 11.8 Å². The average molecular weight is 253 g/mol. The normalized spacial score (nSPS) is 34.0. The molecule has 3 heteroatoms. The number of aliphatic hydroxyl groups is 1. The molecule has 1 atom stereocenters. The molecule has 18 heavy (non-hydrogen) atoms. The Kier molecular flexibility index (Phi) is 3.41. The molecule has 2 saturated heterocycles. The fourth-order valence-corrected chi connectivity index (χ4v) is 4.24. The second kappa shape index (κ2) is 4.77. The monoisotopic (exact) mass is 253 g/mol. The molecule has 1 N–H and O–H groups in total. The Morgan fingerprint density at radius 3 is 2.61 bits per heavy atom. The number of rotatable bonds is 4. The standard InChI is InChI=1S/C15H27NO2/c1-2-6-14(17)11-16(12-14)10-13-5-9-15(18-13)7-3-4-8-15/h13,17H,2-12H2,1H3. The van der Waals surface area contributed by atoms with Gasteiger partial charge >= 0.3 is 0 Å². The van der Waals surface area contributed by atoms with E-state index in [4.69, 9.17) is 4.74 Å².